The van der Waals surface area contributed by atoms with Gasteiger partial charge in [0.1, 0.15) is 0 Å². The molecule has 0 aliphatic heterocycles. The predicted octanol–water partition coefficient (Wildman–Crippen LogP) is 25.9. The maximum Gasteiger partial charge on any atom is 0.259 e. The summed E-state index contributed by atoms with van der Waals surface area (Å²) < 4.78 is 16.9. The molecule has 0 aliphatic rings. The summed E-state index contributed by atoms with van der Waals surface area (Å²) in [4.78, 5) is 0. The van der Waals surface area contributed by atoms with Crippen LogP contribution < -0.4 is 36.5 Å². The summed E-state index contributed by atoms with van der Waals surface area (Å²) in [6, 6.07) is 49.7. The number of hydrogen-bond donors (Lipinski definition) is 16. The lowest BCUT2D eigenvalue weighted by atomic mass is 9.96. The molecule has 0 fully saturated rings. The molecule has 16 N–H and O–H groups in total. The van der Waals surface area contributed by atoms with Gasteiger partial charge in [-0.2, -0.15) is 36.5 Å². The van der Waals surface area contributed by atoms with E-state index in [9.17, 15) is 81.7 Å². The lowest BCUT2D eigenvalue weighted by Gasteiger charge is -2.13. The average Bonchev–Trinajstić information content (AvgIpc) is 0.758. The summed E-state index contributed by atoms with van der Waals surface area (Å²) >= 11 is 0. The molecule has 16 aromatic rings. The van der Waals surface area contributed by atoms with Crippen molar-refractivity contribution in [2.75, 3.05) is 0 Å². The van der Waals surface area contributed by atoms with Crippen LogP contribution in [0.3, 0.4) is 0 Å². The fourth-order valence-corrected chi connectivity index (χ4v) is 18.4. The van der Waals surface area contributed by atoms with Crippen LogP contribution in [0.4, 0.5) is 0 Å². The number of aromatic nitrogens is 8. The van der Waals surface area contributed by atoms with Crippen LogP contribution in [-0.4, -0.2) is 81.7 Å². The Labute approximate surface area is 849 Å². The molecule has 24 nitrogen and oxygen atoms in total. The molecule has 16 rings (SSSR count). The minimum Gasteiger partial charge on any atom is -0.504 e. The second kappa shape index (κ2) is 47.8. The van der Waals surface area contributed by atoms with Gasteiger partial charge in [-0.3, -0.25) is 0 Å². The highest BCUT2D eigenvalue weighted by molar-refractivity contribution is 5.91. The fraction of sp³-hybridized carbons (Fsp3) is 0.400. The minimum atomic E-state index is -0.0748. The standard InChI is InChI=1S/8C15H19NO2/c1-9(2)12-5-11-6-14(17)15(18)7-13(11)16(8-12)10(3)4;1-9(2)12-7-5-11-6-8-13(17)15(18)14(11)16(12)10(3)4;1-9(2)11-5-6-16(10(3)4)13-8-15(18)14(17)7-12(11)13;1-9(2)12-7-11-5-6-13(17)15(18)14(11)16(8-12)10(3)4;1-9(2)12-6-5-11-7-14(17)15(18)8-13(11)16(12)10(3)4;1-9(2)14-11-6-5-7-16(10(3)4)12(11)8-13(17)15(14)18;1-9(2)12-8-13(17)15(18)11-6-5-7-16(10(3)4)14(11)12;1-9(2)13-14-11(8-12(17)15(13)18)6-5-7-16(14)10(3)4/h5-10,17H,1-4H3;5-10,18H,1-4H3;5-10,17H,1-4H3;5-10,18H,1-4H3;5-10,17H,1-4H3;5-10,18H,1-4H3;2*5-10,17H,1-4H3/p+8. The van der Waals surface area contributed by atoms with Gasteiger partial charge in [-0.15, -0.1) is 0 Å². The van der Waals surface area contributed by atoms with Gasteiger partial charge in [0.15, 0.2) is 177 Å². The molecule has 0 amide bonds. The van der Waals surface area contributed by atoms with Crippen molar-refractivity contribution in [1.29, 1.82) is 0 Å². The van der Waals surface area contributed by atoms with E-state index in [0.29, 0.717) is 82.3 Å². The van der Waals surface area contributed by atoms with E-state index in [1.54, 1.807) is 54.6 Å². The molecule has 768 valence electrons. The summed E-state index contributed by atoms with van der Waals surface area (Å²) in [6.45, 7) is 67.2. The zero-order valence-electron chi connectivity index (χ0n) is 90.4. The number of phenolic OH excluding ortho intramolecular Hbond substituents is 16. The van der Waals surface area contributed by atoms with Gasteiger partial charge in [0.05, 0.1) is 72.9 Å². The molecule has 8 aromatic heterocycles. The Bertz CT molecular complexity index is 7130. The van der Waals surface area contributed by atoms with Crippen LogP contribution in [0.15, 0.2) is 195 Å². The van der Waals surface area contributed by atoms with Gasteiger partial charge >= 0.3 is 0 Å². The van der Waals surface area contributed by atoms with Crippen LogP contribution in [0.5, 0.6) is 92.0 Å². The summed E-state index contributed by atoms with van der Waals surface area (Å²) in [5, 5.41) is 164. The number of pyridine rings is 8. The first-order valence-corrected chi connectivity index (χ1v) is 50.5. The van der Waals surface area contributed by atoms with E-state index < -0.39 is 0 Å². The molecule has 0 atom stereocenters. The van der Waals surface area contributed by atoms with Crippen molar-refractivity contribution < 1.29 is 118 Å². The van der Waals surface area contributed by atoms with Crippen molar-refractivity contribution in [3.05, 3.63) is 240 Å². The van der Waals surface area contributed by atoms with Gasteiger partial charge in [-0.25, -0.2) is 0 Å². The second-order valence-electron chi connectivity index (χ2n) is 42.2. The Morgan fingerprint density at radius 1 is 0.188 bits per heavy atom. The van der Waals surface area contributed by atoms with Crippen LogP contribution in [-0.2, 0) is 0 Å². The van der Waals surface area contributed by atoms with Gasteiger partial charge in [0, 0.05) is 70.5 Å². The number of fused-ring (bicyclic) bond motifs is 8. The second-order valence-corrected chi connectivity index (χ2v) is 42.2. The maximum absolute atomic E-state index is 10.1. The molecule has 0 radical (unpaired) electrons. The number of phenols is 16. The molecule has 24 heteroatoms. The quantitative estimate of drug-likeness (QED) is 0.0316. The third-order valence-corrected chi connectivity index (χ3v) is 25.9. The predicted molar refractivity (Wildman–Crippen MR) is 576 cm³/mol. The molecule has 8 aromatic carbocycles. The Morgan fingerprint density at radius 2 is 0.556 bits per heavy atom. The highest BCUT2D eigenvalue weighted by atomic mass is 16.3. The van der Waals surface area contributed by atoms with E-state index in [1.807, 2.05) is 118 Å². The Kier molecular flexibility index (Phi) is 37.7. The minimum absolute atomic E-state index is 0.000920. The first-order chi connectivity index (χ1) is 67.4. The van der Waals surface area contributed by atoms with Gasteiger partial charge in [-0.1, -0.05) is 111 Å². The van der Waals surface area contributed by atoms with E-state index in [2.05, 4.69) is 269 Å². The van der Waals surface area contributed by atoms with Gasteiger partial charge in [-0.05, 0) is 249 Å². The van der Waals surface area contributed by atoms with Crippen LogP contribution >= 0.6 is 0 Å². The van der Waals surface area contributed by atoms with Crippen LogP contribution in [0.1, 0.15) is 362 Å². The smallest absolute Gasteiger partial charge is 0.259 e. The van der Waals surface area contributed by atoms with Crippen molar-refractivity contribution >= 4 is 87.2 Å². The number of hydrogen-bond acceptors (Lipinski definition) is 16. The number of rotatable bonds is 16. The lowest BCUT2D eigenvalue weighted by Crippen LogP contribution is -2.42. The van der Waals surface area contributed by atoms with Crippen molar-refractivity contribution in [3.8, 4) is 92.0 Å². The topological polar surface area (TPSA) is 355 Å². The third-order valence-electron chi connectivity index (χ3n) is 25.9. The highest BCUT2D eigenvalue weighted by Crippen LogP contribution is 2.45. The number of nitrogens with zero attached hydrogens (tertiary/aromatic N) is 8. The Morgan fingerprint density at radius 3 is 1.05 bits per heavy atom. The molecule has 144 heavy (non-hydrogen) atoms. The van der Waals surface area contributed by atoms with Crippen LogP contribution in [0.25, 0.3) is 87.2 Å². The van der Waals surface area contributed by atoms with E-state index in [0.717, 1.165) is 93.2 Å². The number of benzene rings is 8. The molecule has 0 saturated heterocycles. The fourth-order valence-electron chi connectivity index (χ4n) is 18.4. The zero-order chi connectivity index (χ0) is 108. The highest BCUT2D eigenvalue weighted by Gasteiger charge is 2.32. The van der Waals surface area contributed by atoms with Crippen molar-refractivity contribution in [3.63, 3.8) is 0 Å². The van der Waals surface area contributed by atoms with E-state index in [4.69, 9.17) is 0 Å². The van der Waals surface area contributed by atoms with Crippen molar-refractivity contribution in [2.45, 2.75) is 317 Å². The average molecular weight is 1970 g/mol. The monoisotopic (exact) mass is 1970 g/mol. The summed E-state index contributed by atoms with van der Waals surface area (Å²) in [5.41, 5.74) is 15.8. The van der Waals surface area contributed by atoms with E-state index >= 15 is 0 Å². The zero-order valence-corrected chi connectivity index (χ0v) is 90.4. The molecule has 0 unspecified atom stereocenters. The lowest BCUT2D eigenvalue weighted by molar-refractivity contribution is -0.699. The Balaban J connectivity index is 0.000000183. The van der Waals surface area contributed by atoms with Gasteiger partial charge in [0.25, 0.3) is 11.0 Å². The largest absolute Gasteiger partial charge is 0.504 e. The molecule has 8 heterocycles. The van der Waals surface area contributed by atoms with Crippen LogP contribution in [0.2, 0.25) is 0 Å². The van der Waals surface area contributed by atoms with E-state index in [1.165, 1.54) is 34.5 Å². The normalized spacial score (nSPS) is 11.7. The first kappa shape index (κ1) is 113. The summed E-state index contributed by atoms with van der Waals surface area (Å²) in [7, 11) is 0. The third kappa shape index (κ3) is 25.3. The molecule has 0 bridgehead atoms. The molecular weight excluding hydrogens is 1810 g/mol. The van der Waals surface area contributed by atoms with Crippen molar-refractivity contribution in [2.24, 2.45) is 0 Å². The molecule has 0 aliphatic carbocycles. The van der Waals surface area contributed by atoms with E-state index in [-0.39, 0.29) is 122 Å². The number of aromatic hydroxyl groups is 16. The summed E-state index contributed by atoms with van der Waals surface area (Å²) in [5.74, 6) is 1.74. The Hall–Kier alpha value is -14.2. The van der Waals surface area contributed by atoms with Crippen molar-refractivity contribution in [1.82, 2.24) is 0 Å². The van der Waals surface area contributed by atoms with Gasteiger partial charge < -0.3 is 81.7 Å². The maximum atomic E-state index is 10.1. The first-order valence-electron chi connectivity index (χ1n) is 50.5. The summed E-state index contributed by atoms with van der Waals surface area (Å²) in [6.07, 6.45) is 12.2. The molecule has 0 spiro atoms. The molecular formula is C120H160N8O16+8. The SMILES string of the molecule is CC(C)c1c(O)c(O)cc2c1ccc[n+]2C(C)C.CC(C)c1c(O)c(O)cc2ccc[n+](C(C)C)c12.CC(C)c1cc(O)c(O)c2ccc[n+](C(C)C)c12.CC(C)c1cc2cc(O)c(O)cc2[n+](C(C)C)c1.CC(C)c1cc2ccc(O)c(O)c2[n+](C(C)C)c1.CC(C)c1cc[n+](C(C)C)c2cc(O)c(O)cc12.CC(C)c1ccc2cc(O)c(O)cc2[n+]1C(C)C.CC(C)c1ccc2ccc(O)c(O)c2[n+]1C(C)C. The van der Waals surface area contributed by atoms with Crippen LogP contribution in [0, 0.1) is 0 Å². The van der Waals surface area contributed by atoms with Gasteiger partial charge in [0.2, 0.25) is 44.6 Å². The molecule has 0 saturated carbocycles.